The number of likely N-dealkylation sites (N-methyl/N-ethyl adjacent to an activating group) is 1. The summed E-state index contributed by atoms with van der Waals surface area (Å²) in [6, 6.07) is 9.55. The van der Waals surface area contributed by atoms with Crippen LogP contribution in [0.1, 0.15) is 20.7 Å². The number of ether oxygens (including phenoxy) is 1. The number of carbonyl (C=O) groups excluding carboxylic acids is 2. The average Bonchev–Trinajstić information content (AvgIpc) is 2.69. The number of phenols is 1. The Labute approximate surface area is 161 Å². The fraction of sp³-hybridized carbons (Fsp3) is 0.250. The largest absolute Gasteiger partial charge is 0.511 e. The molecule has 0 atom stereocenters. The zero-order valence-electron chi connectivity index (χ0n) is 15.3. The molecule has 8 heteroatoms. The molecule has 2 aromatic rings. The number of rotatable bonds is 4. The lowest BCUT2D eigenvalue weighted by atomic mass is 9.99. The van der Waals surface area contributed by atoms with Gasteiger partial charge in [0.25, 0.3) is 5.91 Å². The number of hydrogen-bond acceptors (Lipinski definition) is 6. The van der Waals surface area contributed by atoms with Crippen LogP contribution in [0.15, 0.2) is 36.4 Å². The minimum Gasteiger partial charge on any atom is -0.504 e. The van der Waals surface area contributed by atoms with Crippen molar-refractivity contribution in [3.63, 3.8) is 0 Å². The number of hydrogen-bond donors (Lipinski definition) is 2. The van der Waals surface area contributed by atoms with E-state index in [-0.39, 0.29) is 17.2 Å². The number of nitrogens with zero attached hydrogens (tertiary/aromatic N) is 2. The summed E-state index contributed by atoms with van der Waals surface area (Å²) < 4.78 is 4.56. The Morgan fingerprint density at radius 1 is 1.07 bits per heavy atom. The van der Waals surface area contributed by atoms with E-state index in [2.05, 4.69) is 9.64 Å². The molecule has 0 radical (unpaired) electrons. The molecule has 3 rings (SSSR count). The second-order valence-electron chi connectivity index (χ2n) is 6.57. The Morgan fingerprint density at radius 2 is 1.79 bits per heavy atom. The third kappa shape index (κ3) is 4.12. The molecule has 8 nitrogen and oxygen atoms in total. The van der Waals surface area contributed by atoms with Crippen molar-refractivity contribution in [1.29, 1.82) is 0 Å². The molecule has 1 heterocycles. The standard InChI is InChI=1S/C20H20N2O6/c1-21-5-7-22(8-6-21)19(25)14-4-2-3-13(9-14)15-10-16(12-23)18(24)17(11-15)28-20(26)27/h2-4,9-12,24H,5-8H2,1H3,(H,26,27). The predicted octanol–water partition coefficient (Wildman–Crippen LogP) is 2.32. The highest BCUT2D eigenvalue weighted by atomic mass is 16.7. The Morgan fingerprint density at radius 3 is 2.43 bits per heavy atom. The van der Waals surface area contributed by atoms with Crippen molar-refractivity contribution >= 4 is 18.3 Å². The van der Waals surface area contributed by atoms with Gasteiger partial charge in [0.2, 0.25) is 0 Å². The Balaban J connectivity index is 1.94. The molecule has 2 N–H and O–H groups in total. The van der Waals surface area contributed by atoms with Crippen LogP contribution in [0.4, 0.5) is 4.79 Å². The molecule has 1 amide bonds. The monoisotopic (exact) mass is 384 g/mol. The van der Waals surface area contributed by atoms with Crippen molar-refractivity contribution < 1.29 is 29.3 Å². The maximum absolute atomic E-state index is 12.8. The molecule has 1 fully saturated rings. The van der Waals surface area contributed by atoms with Gasteiger partial charge >= 0.3 is 6.16 Å². The SMILES string of the molecule is CN1CCN(C(=O)c2cccc(-c3cc(C=O)c(O)c(OC(=O)O)c3)c2)CC1. The van der Waals surface area contributed by atoms with Crippen LogP contribution in [0.5, 0.6) is 11.5 Å². The van der Waals surface area contributed by atoms with Gasteiger partial charge in [0.15, 0.2) is 17.8 Å². The summed E-state index contributed by atoms with van der Waals surface area (Å²) in [7, 11) is 2.01. The van der Waals surface area contributed by atoms with Gasteiger partial charge in [0, 0.05) is 31.7 Å². The Hall–Kier alpha value is -3.39. The minimum atomic E-state index is -1.61. The third-order valence-corrected chi connectivity index (χ3v) is 4.66. The highest BCUT2D eigenvalue weighted by Crippen LogP contribution is 2.35. The van der Waals surface area contributed by atoms with E-state index in [1.165, 1.54) is 12.1 Å². The van der Waals surface area contributed by atoms with Crippen molar-refractivity contribution in [3.8, 4) is 22.6 Å². The number of piperazine rings is 1. The third-order valence-electron chi connectivity index (χ3n) is 4.66. The predicted molar refractivity (Wildman–Crippen MR) is 101 cm³/mol. The summed E-state index contributed by atoms with van der Waals surface area (Å²) in [5.41, 5.74) is 1.43. The van der Waals surface area contributed by atoms with Crippen molar-refractivity contribution in [1.82, 2.24) is 9.80 Å². The first kappa shape index (κ1) is 19.4. The highest BCUT2D eigenvalue weighted by Gasteiger charge is 2.21. The second kappa shape index (κ2) is 8.10. The Bertz CT molecular complexity index is 919. The summed E-state index contributed by atoms with van der Waals surface area (Å²) in [4.78, 5) is 38.8. The van der Waals surface area contributed by atoms with Crippen molar-refractivity contribution in [3.05, 3.63) is 47.5 Å². The summed E-state index contributed by atoms with van der Waals surface area (Å²) in [6.07, 6.45) is -1.20. The molecule has 1 saturated heterocycles. The van der Waals surface area contributed by atoms with Crippen LogP contribution in [0.2, 0.25) is 0 Å². The minimum absolute atomic E-state index is 0.0913. The first-order valence-electron chi connectivity index (χ1n) is 8.70. The van der Waals surface area contributed by atoms with Crippen LogP contribution in [-0.2, 0) is 0 Å². The number of amides is 1. The fourth-order valence-electron chi connectivity index (χ4n) is 3.08. The lowest BCUT2D eigenvalue weighted by Crippen LogP contribution is -2.47. The van der Waals surface area contributed by atoms with Gasteiger partial charge in [-0.3, -0.25) is 9.59 Å². The van der Waals surface area contributed by atoms with Gasteiger partial charge in [0.05, 0.1) is 5.56 Å². The van der Waals surface area contributed by atoms with Gasteiger partial charge in [0.1, 0.15) is 0 Å². The van der Waals surface area contributed by atoms with E-state index in [1.54, 1.807) is 29.2 Å². The molecule has 0 spiro atoms. The molecule has 2 aromatic carbocycles. The van der Waals surface area contributed by atoms with Crippen LogP contribution in [-0.4, -0.2) is 71.6 Å². The van der Waals surface area contributed by atoms with Gasteiger partial charge in [-0.2, -0.15) is 0 Å². The molecule has 0 aliphatic carbocycles. The van der Waals surface area contributed by atoms with E-state index >= 15 is 0 Å². The van der Waals surface area contributed by atoms with Gasteiger partial charge in [-0.25, -0.2) is 4.79 Å². The van der Waals surface area contributed by atoms with Crippen molar-refractivity contribution in [2.45, 2.75) is 0 Å². The van der Waals surface area contributed by atoms with E-state index in [0.717, 1.165) is 13.1 Å². The lowest BCUT2D eigenvalue weighted by Gasteiger charge is -2.32. The van der Waals surface area contributed by atoms with Crippen LogP contribution in [0, 0.1) is 0 Å². The zero-order chi connectivity index (χ0) is 20.3. The topological polar surface area (TPSA) is 107 Å². The number of carbonyl (C=O) groups is 3. The lowest BCUT2D eigenvalue weighted by molar-refractivity contribution is 0.0664. The summed E-state index contributed by atoms with van der Waals surface area (Å²) in [6.45, 7) is 2.90. The number of benzene rings is 2. The molecule has 0 saturated carbocycles. The number of aldehydes is 1. The second-order valence-corrected chi connectivity index (χ2v) is 6.57. The molecular formula is C20H20N2O6. The molecule has 146 valence electrons. The van der Waals surface area contributed by atoms with Crippen LogP contribution < -0.4 is 4.74 Å². The molecule has 28 heavy (non-hydrogen) atoms. The molecule has 1 aliphatic heterocycles. The molecule has 0 bridgehead atoms. The quantitative estimate of drug-likeness (QED) is 0.473. The van der Waals surface area contributed by atoms with E-state index in [4.69, 9.17) is 5.11 Å². The maximum atomic E-state index is 12.8. The van der Waals surface area contributed by atoms with E-state index < -0.39 is 11.9 Å². The van der Waals surface area contributed by atoms with Gasteiger partial charge in [-0.05, 0) is 42.4 Å². The number of phenolic OH excluding ortho intramolecular Hbond substituents is 1. The normalized spacial score (nSPS) is 14.5. The average molecular weight is 384 g/mol. The first-order valence-corrected chi connectivity index (χ1v) is 8.70. The molecule has 1 aliphatic rings. The smallest absolute Gasteiger partial charge is 0.504 e. The zero-order valence-corrected chi connectivity index (χ0v) is 15.3. The summed E-state index contributed by atoms with van der Waals surface area (Å²) in [5.74, 6) is -0.986. The molecular weight excluding hydrogens is 364 g/mol. The van der Waals surface area contributed by atoms with E-state index in [9.17, 15) is 19.5 Å². The molecule has 0 unspecified atom stereocenters. The molecule has 0 aromatic heterocycles. The highest BCUT2D eigenvalue weighted by molar-refractivity contribution is 5.96. The number of aromatic hydroxyl groups is 1. The van der Waals surface area contributed by atoms with Crippen molar-refractivity contribution in [2.24, 2.45) is 0 Å². The first-order chi connectivity index (χ1) is 13.4. The van der Waals surface area contributed by atoms with Crippen LogP contribution >= 0.6 is 0 Å². The maximum Gasteiger partial charge on any atom is 0.511 e. The summed E-state index contributed by atoms with van der Waals surface area (Å²) >= 11 is 0. The van der Waals surface area contributed by atoms with Gasteiger partial charge in [-0.1, -0.05) is 12.1 Å². The van der Waals surface area contributed by atoms with Crippen LogP contribution in [0.3, 0.4) is 0 Å². The van der Waals surface area contributed by atoms with Crippen molar-refractivity contribution in [2.75, 3.05) is 33.2 Å². The van der Waals surface area contributed by atoms with Gasteiger partial charge in [-0.15, -0.1) is 0 Å². The summed E-state index contributed by atoms with van der Waals surface area (Å²) in [5, 5.41) is 18.8. The van der Waals surface area contributed by atoms with Gasteiger partial charge < -0.3 is 24.7 Å². The fourth-order valence-corrected chi connectivity index (χ4v) is 3.08. The van der Waals surface area contributed by atoms with E-state index in [0.29, 0.717) is 36.1 Å². The Kier molecular flexibility index (Phi) is 5.60. The van der Waals surface area contributed by atoms with Crippen LogP contribution in [0.25, 0.3) is 11.1 Å². The van der Waals surface area contributed by atoms with E-state index in [1.807, 2.05) is 7.05 Å². The number of carboxylic acid groups (broad SMARTS) is 1.